The minimum atomic E-state index is -0.792. The van der Waals surface area contributed by atoms with Gasteiger partial charge in [-0.3, -0.25) is 4.79 Å². The monoisotopic (exact) mass is 355 g/mol. The molecule has 6 nitrogen and oxygen atoms in total. The van der Waals surface area contributed by atoms with E-state index in [0.717, 1.165) is 44.5 Å². The van der Waals surface area contributed by atoms with Gasteiger partial charge < -0.3 is 9.64 Å². The Morgan fingerprint density at radius 3 is 2.38 bits per heavy atom. The van der Waals surface area contributed by atoms with Crippen molar-refractivity contribution in [1.82, 2.24) is 14.7 Å². The van der Waals surface area contributed by atoms with Crippen LogP contribution in [-0.2, 0) is 9.53 Å². The van der Waals surface area contributed by atoms with Gasteiger partial charge in [0.15, 0.2) is 6.10 Å². The van der Waals surface area contributed by atoms with Crippen molar-refractivity contribution in [3.8, 4) is 5.69 Å². The highest BCUT2D eigenvalue weighted by Gasteiger charge is 2.26. The number of ether oxygens (including phenoxy) is 1. The maximum atomic E-state index is 12.6. The zero-order valence-electron chi connectivity index (χ0n) is 15.4. The van der Waals surface area contributed by atoms with Gasteiger partial charge in [-0.25, -0.2) is 9.48 Å². The van der Waals surface area contributed by atoms with Crippen molar-refractivity contribution in [3.05, 3.63) is 47.8 Å². The number of rotatable bonds is 4. The second-order valence-corrected chi connectivity index (χ2v) is 6.68. The average Bonchev–Trinajstić information content (AvgIpc) is 2.85. The van der Waals surface area contributed by atoms with E-state index in [0.29, 0.717) is 11.3 Å². The average molecular weight is 355 g/mol. The third-order valence-electron chi connectivity index (χ3n) is 4.78. The third-order valence-corrected chi connectivity index (χ3v) is 4.78. The van der Waals surface area contributed by atoms with E-state index < -0.39 is 12.1 Å². The lowest BCUT2D eigenvalue weighted by Gasteiger charge is -2.23. The summed E-state index contributed by atoms with van der Waals surface area (Å²) < 4.78 is 7.13. The van der Waals surface area contributed by atoms with Crippen molar-refractivity contribution in [3.63, 3.8) is 0 Å². The summed E-state index contributed by atoms with van der Waals surface area (Å²) in [5.41, 5.74) is 1.94. The number of likely N-dealkylation sites (tertiary alicyclic amines) is 1. The molecule has 1 aliphatic heterocycles. The van der Waals surface area contributed by atoms with Crippen LogP contribution in [0.1, 0.15) is 48.7 Å². The zero-order chi connectivity index (χ0) is 18.5. The van der Waals surface area contributed by atoms with Crippen molar-refractivity contribution in [2.75, 3.05) is 13.1 Å². The second-order valence-electron chi connectivity index (χ2n) is 6.68. The van der Waals surface area contributed by atoms with E-state index in [1.165, 1.54) is 6.20 Å². The van der Waals surface area contributed by atoms with Crippen LogP contribution in [0.3, 0.4) is 0 Å². The number of amides is 1. The van der Waals surface area contributed by atoms with Crippen LogP contribution in [0.15, 0.2) is 36.5 Å². The molecule has 1 aliphatic rings. The summed E-state index contributed by atoms with van der Waals surface area (Å²) in [4.78, 5) is 26.9. The molecule has 1 amide bonds. The molecule has 0 bridgehead atoms. The summed E-state index contributed by atoms with van der Waals surface area (Å²) in [5, 5.41) is 4.28. The minimum Gasteiger partial charge on any atom is -0.449 e. The molecule has 0 unspecified atom stereocenters. The second kappa shape index (κ2) is 8.17. The molecule has 0 aliphatic carbocycles. The van der Waals surface area contributed by atoms with E-state index in [4.69, 9.17) is 4.74 Å². The van der Waals surface area contributed by atoms with Gasteiger partial charge in [0.05, 0.1) is 17.6 Å². The molecule has 26 heavy (non-hydrogen) atoms. The van der Waals surface area contributed by atoms with Crippen LogP contribution in [0, 0.1) is 6.92 Å². The van der Waals surface area contributed by atoms with Crippen molar-refractivity contribution in [2.45, 2.75) is 45.6 Å². The first-order chi connectivity index (χ1) is 12.6. The molecular weight excluding hydrogens is 330 g/mol. The Bertz CT molecular complexity index is 762. The van der Waals surface area contributed by atoms with E-state index in [1.54, 1.807) is 11.6 Å². The van der Waals surface area contributed by atoms with E-state index >= 15 is 0 Å². The predicted molar refractivity (Wildman–Crippen MR) is 98.2 cm³/mol. The lowest BCUT2D eigenvalue weighted by molar-refractivity contribution is -0.139. The Hall–Kier alpha value is -2.63. The molecule has 138 valence electrons. The number of nitrogens with zero attached hydrogens (tertiary/aromatic N) is 3. The Balaban J connectivity index is 1.68. The van der Waals surface area contributed by atoms with Gasteiger partial charge in [-0.1, -0.05) is 31.0 Å². The Morgan fingerprint density at radius 2 is 1.73 bits per heavy atom. The highest BCUT2D eigenvalue weighted by atomic mass is 16.5. The summed E-state index contributed by atoms with van der Waals surface area (Å²) in [6.45, 7) is 4.94. The van der Waals surface area contributed by atoms with Crippen LogP contribution < -0.4 is 0 Å². The fraction of sp³-hybridized carbons (Fsp3) is 0.450. The molecule has 0 radical (unpaired) electrons. The first-order valence-corrected chi connectivity index (χ1v) is 9.17. The molecule has 0 spiro atoms. The largest absolute Gasteiger partial charge is 0.449 e. The molecule has 3 rings (SSSR count). The third kappa shape index (κ3) is 3.95. The number of hydrogen-bond donors (Lipinski definition) is 0. The summed E-state index contributed by atoms with van der Waals surface area (Å²) in [6, 6.07) is 9.58. The smallest absolute Gasteiger partial charge is 0.342 e. The quantitative estimate of drug-likeness (QED) is 0.791. The SMILES string of the molecule is Cc1c(C(=O)O[C@@H](C)C(=O)N2CCCCCC2)cnn1-c1ccccc1. The lowest BCUT2D eigenvalue weighted by Crippen LogP contribution is -2.40. The van der Waals surface area contributed by atoms with Gasteiger partial charge in [-0.2, -0.15) is 5.10 Å². The Kier molecular flexibility index (Phi) is 5.71. The topological polar surface area (TPSA) is 64.4 Å². The number of aromatic nitrogens is 2. The summed E-state index contributed by atoms with van der Waals surface area (Å²) in [6.07, 6.45) is 5.02. The number of esters is 1. The van der Waals surface area contributed by atoms with E-state index in [-0.39, 0.29) is 5.91 Å². The number of carbonyl (C=O) groups is 2. The maximum Gasteiger partial charge on any atom is 0.342 e. The number of carbonyl (C=O) groups excluding carboxylic acids is 2. The molecule has 0 N–H and O–H groups in total. The maximum absolute atomic E-state index is 12.6. The highest BCUT2D eigenvalue weighted by molar-refractivity contribution is 5.93. The Morgan fingerprint density at radius 1 is 1.08 bits per heavy atom. The van der Waals surface area contributed by atoms with Crippen molar-refractivity contribution < 1.29 is 14.3 Å². The lowest BCUT2D eigenvalue weighted by atomic mass is 10.2. The van der Waals surface area contributed by atoms with Gasteiger partial charge in [0.25, 0.3) is 5.91 Å². The summed E-state index contributed by atoms with van der Waals surface area (Å²) in [5.74, 6) is -0.631. The molecule has 2 aromatic rings. The summed E-state index contributed by atoms with van der Waals surface area (Å²) >= 11 is 0. The fourth-order valence-electron chi connectivity index (χ4n) is 3.26. The van der Waals surface area contributed by atoms with Gasteiger partial charge in [-0.15, -0.1) is 0 Å². The van der Waals surface area contributed by atoms with Gasteiger partial charge in [0.1, 0.15) is 5.56 Å². The molecule has 1 aromatic carbocycles. The van der Waals surface area contributed by atoms with Crippen LogP contribution in [0.25, 0.3) is 5.69 Å². The van der Waals surface area contributed by atoms with Crippen molar-refractivity contribution in [1.29, 1.82) is 0 Å². The molecule has 1 saturated heterocycles. The van der Waals surface area contributed by atoms with Crippen molar-refractivity contribution >= 4 is 11.9 Å². The van der Waals surface area contributed by atoms with Gasteiger partial charge in [-0.05, 0) is 38.8 Å². The first-order valence-electron chi connectivity index (χ1n) is 9.17. The number of benzene rings is 1. The molecule has 0 saturated carbocycles. The molecule has 1 aromatic heterocycles. The number of hydrogen-bond acceptors (Lipinski definition) is 4. The van der Waals surface area contributed by atoms with E-state index in [1.807, 2.05) is 42.2 Å². The van der Waals surface area contributed by atoms with Gasteiger partial charge in [0, 0.05) is 13.1 Å². The highest BCUT2D eigenvalue weighted by Crippen LogP contribution is 2.17. The van der Waals surface area contributed by atoms with E-state index in [9.17, 15) is 9.59 Å². The predicted octanol–water partition coefficient (Wildman–Crippen LogP) is 3.13. The van der Waals surface area contributed by atoms with Crippen LogP contribution in [0.2, 0.25) is 0 Å². The summed E-state index contributed by atoms with van der Waals surface area (Å²) in [7, 11) is 0. The van der Waals surface area contributed by atoms with Gasteiger partial charge in [0.2, 0.25) is 0 Å². The van der Waals surface area contributed by atoms with Gasteiger partial charge >= 0.3 is 5.97 Å². The van der Waals surface area contributed by atoms with E-state index in [2.05, 4.69) is 5.10 Å². The first kappa shape index (κ1) is 18.2. The van der Waals surface area contributed by atoms with Crippen LogP contribution >= 0.6 is 0 Å². The van der Waals surface area contributed by atoms with Crippen LogP contribution in [0.4, 0.5) is 0 Å². The van der Waals surface area contributed by atoms with Crippen LogP contribution in [-0.4, -0.2) is 45.8 Å². The molecule has 2 heterocycles. The fourth-order valence-corrected chi connectivity index (χ4v) is 3.26. The Labute approximate surface area is 153 Å². The normalized spacial score (nSPS) is 16.0. The molecule has 6 heteroatoms. The zero-order valence-corrected chi connectivity index (χ0v) is 15.4. The molecule has 1 fully saturated rings. The molecule has 1 atom stereocenters. The standard InChI is InChI=1S/C20H25N3O3/c1-15-18(14-21-23(15)17-10-6-5-7-11-17)20(25)26-16(2)19(24)22-12-8-3-4-9-13-22/h5-7,10-11,14,16H,3-4,8-9,12-13H2,1-2H3/t16-/m0/s1. The molecular formula is C20H25N3O3. The number of para-hydroxylation sites is 1. The van der Waals surface area contributed by atoms with Crippen molar-refractivity contribution in [2.24, 2.45) is 0 Å². The van der Waals surface area contributed by atoms with Crippen LogP contribution in [0.5, 0.6) is 0 Å². The minimum absolute atomic E-state index is 0.117.